The summed E-state index contributed by atoms with van der Waals surface area (Å²) in [6.07, 6.45) is 0. The molecule has 0 fully saturated rings. The number of hydrogen-bond acceptors (Lipinski definition) is 4. The smallest absolute Gasteiger partial charge is 0.269 e. The monoisotopic (exact) mass is 297 g/mol. The largest absolute Gasteiger partial charge is 0.392 e. The van der Waals surface area contributed by atoms with E-state index in [0.717, 1.165) is 23.9 Å². The molecule has 0 atom stereocenters. The van der Waals surface area contributed by atoms with Crippen molar-refractivity contribution in [3.63, 3.8) is 0 Å². The highest BCUT2D eigenvalue weighted by molar-refractivity contribution is 7.99. The minimum absolute atomic E-state index is 0.135. The molecule has 2 aromatic rings. The number of nitrogens with zero attached hydrogens (tertiary/aromatic N) is 1. The first-order chi connectivity index (χ1) is 9.51. The minimum Gasteiger partial charge on any atom is -0.392 e. The molecule has 4 nitrogen and oxygen atoms in total. The van der Waals surface area contributed by atoms with E-state index in [-0.39, 0.29) is 12.3 Å². The van der Waals surface area contributed by atoms with Gasteiger partial charge in [0, 0.05) is 21.9 Å². The first kappa shape index (κ1) is 14.4. The Morgan fingerprint density at radius 2 is 1.90 bits per heavy atom. The summed E-state index contributed by atoms with van der Waals surface area (Å²) in [5, 5.41) is 19.9. The number of rotatable bonds is 4. The van der Waals surface area contributed by atoms with Crippen LogP contribution in [-0.4, -0.2) is 10.0 Å². The first-order valence-corrected chi connectivity index (χ1v) is 6.34. The van der Waals surface area contributed by atoms with Crippen molar-refractivity contribution in [2.24, 2.45) is 0 Å². The molecule has 0 spiro atoms. The van der Waals surface area contributed by atoms with Crippen molar-refractivity contribution in [3.05, 3.63) is 63.7 Å². The van der Waals surface area contributed by atoms with Gasteiger partial charge >= 0.3 is 0 Å². The summed E-state index contributed by atoms with van der Waals surface area (Å²) in [7, 11) is 0. The Morgan fingerprint density at radius 3 is 2.50 bits per heavy atom. The molecule has 0 bridgehead atoms. The fraction of sp³-hybridized carbons (Fsp3) is 0.0769. The van der Waals surface area contributed by atoms with Crippen LogP contribution in [0.3, 0.4) is 0 Å². The molecule has 0 heterocycles. The molecule has 0 unspecified atom stereocenters. The fourth-order valence-electron chi connectivity index (χ4n) is 1.57. The predicted molar refractivity (Wildman–Crippen MR) is 69.5 cm³/mol. The standard InChI is InChI=1S/C13H9F2NO3S/c14-11-3-2-10(6-12(11)15)20-13-4-1-9(16(18)19)5-8(13)7-17/h1-6,17H,7H2. The molecular weight excluding hydrogens is 288 g/mol. The molecule has 0 saturated heterocycles. The van der Waals surface area contributed by atoms with Gasteiger partial charge in [0.25, 0.3) is 5.69 Å². The molecule has 7 heteroatoms. The van der Waals surface area contributed by atoms with Crippen molar-refractivity contribution in [3.8, 4) is 0 Å². The van der Waals surface area contributed by atoms with Gasteiger partial charge in [0.2, 0.25) is 0 Å². The van der Waals surface area contributed by atoms with Crippen LogP contribution in [0.15, 0.2) is 46.2 Å². The molecule has 1 N–H and O–H groups in total. The maximum absolute atomic E-state index is 13.1. The molecule has 20 heavy (non-hydrogen) atoms. The van der Waals surface area contributed by atoms with Crippen LogP contribution < -0.4 is 0 Å². The molecule has 104 valence electrons. The van der Waals surface area contributed by atoms with E-state index < -0.39 is 16.6 Å². The van der Waals surface area contributed by atoms with Gasteiger partial charge in [0.05, 0.1) is 11.5 Å². The van der Waals surface area contributed by atoms with Crippen LogP contribution in [0.25, 0.3) is 0 Å². The van der Waals surface area contributed by atoms with E-state index >= 15 is 0 Å². The van der Waals surface area contributed by atoms with E-state index in [1.165, 1.54) is 24.3 Å². The first-order valence-electron chi connectivity index (χ1n) is 5.52. The lowest BCUT2D eigenvalue weighted by Gasteiger charge is -2.07. The summed E-state index contributed by atoms with van der Waals surface area (Å²) >= 11 is 1.09. The van der Waals surface area contributed by atoms with Gasteiger partial charge in [-0.2, -0.15) is 0 Å². The molecule has 0 aromatic heterocycles. The van der Waals surface area contributed by atoms with Crippen LogP contribution in [0.2, 0.25) is 0 Å². The average Bonchev–Trinajstić information content (AvgIpc) is 2.43. The van der Waals surface area contributed by atoms with Crippen molar-refractivity contribution < 1.29 is 18.8 Å². The summed E-state index contributed by atoms with van der Waals surface area (Å²) in [4.78, 5) is 11.1. The Kier molecular flexibility index (Phi) is 4.31. The normalized spacial score (nSPS) is 10.6. The maximum Gasteiger partial charge on any atom is 0.269 e. The molecule has 0 amide bonds. The van der Waals surface area contributed by atoms with Crippen LogP contribution >= 0.6 is 11.8 Å². The van der Waals surface area contributed by atoms with Crippen LogP contribution in [0, 0.1) is 21.7 Å². The predicted octanol–water partition coefficient (Wildman–Crippen LogP) is 3.52. The van der Waals surface area contributed by atoms with E-state index in [0.29, 0.717) is 15.4 Å². The summed E-state index contributed by atoms with van der Waals surface area (Å²) in [6.45, 7) is -0.381. The number of nitro benzene ring substituents is 1. The van der Waals surface area contributed by atoms with Crippen LogP contribution in [0.5, 0.6) is 0 Å². The number of non-ortho nitro benzene ring substituents is 1. The number of hydrogen-bond donors (Lipinski definition) is 1. The lowest BCUT2D eigenvalue weighted by molar-refractivity contribution is -0.385. The lowest BCUT2D eigenvalue weighted by Crippen LogP contribution is -1.93. The maximum atomic E-state index is 13.1. The molecule has 2 rings (SSSR count). The van der Waals surface area contributed by atoms with Crippen molar-refractivity contribution in [1.82, 2.24) is 0 Å². The SMILES string of the molecule is O=[N+]([O-])c1ccc(Sc2ccc(F)c(F)c2)c(CO)c1. The number of halogens is 2. The Labute approximate surface area is 117 Å². The van der Waals surface area contributed by atoms with Crippen LogP contribution in [-0.2, 0) is 6.61 Å². The summed E-state index contributed by atoms with van der Waals surface area (Å²) < 4.78 is 25.9. The number of nitro groups is 1. The second-order valence-corrected chi connectivity index (χ2v) is 5.00. The van der Waals surface area contributed by atoms with Crippen molar-refractivity contribution in [1.29, 1.82) is 0 Å². The summed E-state index contributed by atoms with van der Waals surface area (Å²) in [6, 6.07) is 7.44. The molecule has 0 aliphatic carbocycles. The Balaban J connectivity index is 2.32. The molecule has 0 aliphatic heterocycles. The second-order valence-electron chi connectivity index (χ2n) is 3.89. The zero-order chi connectivity index (χ0) is 14.7. The summed E-state index contributed by atoms with van der Waals surface area (Å²) in [5.74, 6) is -1.91. The number of aliphatic hydroxyl groups is 1. The molecule has 0 aliphatic rings. The van der Waals surface area contributed by atoms with E-state index in [9.17, 15) is 24.0 Å². The Bertz CT molecular complexity index is 664. The lowest BCUT2D eigenvalue weighted by atomic mass is 10.2. The van der Waals surface area contributed by atoms with E-state index in [2.05, 4.69) is 0 Å². The van der Waals surface area contributed by atoms with Crippen molar-refractivity contribution in [2.45, 2.75) is 16.4 Å². The Morgan fingerprint density at radius 1 is 1.15 bits per heavy atom. The zero-order valence-electron chi connectivity index (χ0n) is 10.0. The summed E-state index contributed by atoms with van der Waals surface area (Å²) in [5.41, 5.74) is 0.220. The van der Waals surface area contributed by atoms with Gasteiger partial charge in [-0.1, -0.05) is 11.8 Å². The van der Waals surface area contributed by atoms with Gasteiger partial charge in [-0.15, -0.1) is 0 Å². The highest BCUT2D eigenvalue weighted by Crippen LogP contribution is 2.33. The third-order valence-corrected chi connectivity index (χ3v) is 3.65. The average molecular weight is 297 g/mol. The van der Waals surface area contributed by atoms with Gasteiger partial charge < -0.3 is 5.11 Å². The van der Waals surface area contributed by atoms with Gasteiger partial charge in [0.15, 0.2) is 11.6 Å². The van der Waals surface area contributed by atoms with Crippen LogP contribution in [0.4, 0.5) is 14.5 Å². The highest BCUT2D eigenvalue weighted by Gasteiger charge is 2.12. The van der Waals surface area contributed by atoms with Crippen molar-refractivity contribution >= 4 is 17.4 Å². The highest BCUT2D eigenvalue weighted by atomic mass is 32.2. The third-order valence-electron chi connectivity index (χ3n) is 2.54. The quantitative estimate of drug-likeness (QED) is 0.693. The molecule has 0 saturated carbocycles. The van der Waals surface area contributed by atoms with E-state index in [1.54, 1.807) is 0 Å². The van der Waals surface area contributed by atoms with Gasteiger partial charge in [-0.05, 0) is 29.8 Å². The molecule has 2 aromatic carbocycles. The fourth-order valence-corrected chi connectivity index (χ4v) is 2.51. The van der Waals surface area contributed by atoms with E-state index in [4.69, 9.17) is 0 Å². The Hall–Kier alpha value is -1.99. The zero-order valence-corrected chi connectivity index (χ0v) is 10.9. The van der Waals surface area contributed by atoms with Gasteiger partial charge in [-0.3, -0.25) is 10.1 Å². The number of benzene rings is 2. The topological polar surface area (TPSA) is 63.4 Å². The van der Waals surface area contributed by atoms with Gasteiger partial charge in [0.1, 0.15) is 0 Å². The van der Waals surface area contributed by atoms with Gasteiger partial charge in [-0.25, -0.2) is 8.78 Å². The van der Waals surface area contributed by atoms with Crippen molar-refractivity contribution in [2.75, 3.05) is 0 Å². The number of aliphatic hydroxyl groups excluding tert-OH is 1. The van der Waals surface area contributed by atoms with Crippen LogP contribution in [0.1, 0.15) is 5.56 Å². The minimum atomic E-state index is -0.970. The van der Waals surface area contributed by atoms with E-state index in [1.807, 2.05) is 0 Å². The molecular formula is C13H9F2NO3S. The second kappa shape index (κ2) is 5.98. The molecule has 0 radical (unpaired) electrons. The third kappa shape index (κ3) is 3.12.